The summed E-state index contributed by atoms with van der Waals surface area (Å²) in [5.74, 6) is 1.38. The van der Waals surface area contributed by atoms with Gasteiger partial charge in [0.1, 0.15) is 5.82 Å². The molecule has 0 saturated heterocycles. The van der Waals surface area contributed by atoms with Gasteiger partial charge in [0, 0.05) is 20.6 Å². The van der Waals surface area contributed by atoms with Gasteiger partial charge in [0.05, 0.1) is 6.54 Å². The SMILES string of the molecule is CC(C)c1n[nH]c(=S)n1Cc1cc(Br)cs1. The second-order valence-electron chi connectivity index (χ2n) is 3.86. The summed E-state index contributed by atoms with van der Waals surface area (Å²) in [6.07, 6.45) is 0. The molecule has 2 heterocycles. The van der Waals surface area contributed by atoms with Gasteiger partial charge >= 0.3 is 0 Å². The van der Waals surface area contributed by atoms with Crippen LogP contribution in [0.1, 0.15) is 30.5 Å². The van der Waals surface area contributed by atoms with Crippen molar-refractivity contribution in [3.63, 3.8) is 0 Å². The zero-order chi connectivity index (χ0) is 11.7. The van der Waals surface area contributed by atoms with Gasteiger partial charge in [-0.15, -0.1) is 11.3 Å². The van der Waals surface area contributed by atoms with E-state index in [-0.39, 0.29) is 0 Å². The number of thiophene rings is 1. The van der Waals surface area contributed by atoms with Crippen molar-refractivity contribution in [1.29, 1.82) is 0 Å². The predicted octanol–water partition coefficient (Wildman–Crippen LogP) is 3.94. The molecule has 0 radical (unpaired) electrons. The van der Waals surface area contributed by atoms with Crippen LogP contribution in [0.4, 0.5) is 0 Å². The zero-order valence-electron chi connectivity index (χ0n) is 9.03. The summed E-state index contributed by atoms with van der Waals surface area (Å²) < 4.78 is 3.86. The van der Waals surface area contributed by atoms with Crippen LogP contribution in [0.25, 0.3) is 0 Å². The average molecular weight is 318 g/mol. The zero-order valence-corrected chi connectivity index (χ0v) is 12.2. The van der Waals surface area contributed by atoms with Crippen molar-refractivity contribution in [3.05, 3.63) is 31.4 Å². The highest BCUT2D eigenvalue weighted by molar-refractivity contribution is 9.10. The van der Waals surface area contributed by atoms with Gasteiger partial charge in [0.15, 0.2) is 4.77 Å². The molecule has 1 N–H and O–H groups in total. The van der Waals surface area contributed by atoms with E-state index in [4.69, 9.17) is 12.2 Å². The number of nitrogens with one attached hydrogen (secondary N) is 1. The summed E-state index contributed by atoms with van der Waals surface area (Å²) in [6.45, 7) is 5.02. The largest absolute Gasteiger partial charge is 0.299 e. The second-order valence-corrected chi connectivity index (χ2v) is 6.16. The second kappa shape index (κ2) is 4.81. The van der Waals surface area contributed by atoms with Crippen molar-refractivity contribution in [1.82, 2.24) is 14.8 Å². The Morgan fingerprint density at radius 1 is 1.62 bits per heavy atom. The molecular formula is C10H12BrN3S2. The van der Waals surface area contributed by atoms with Crippen LogP contribution in [0.15, 0.2) is 15.9 Å². The maximum atomic E-state index is 5.24. The van der Waals surface area contributed by atoms with E-state index in [0.29, 0.717) is 10.7 Å². The smallest absolute Gasteiger partial charge is 0.195 e. The first-order valence-electron chi connectivity index (χ1n) is 4.96. The molecule has 0 aliphatic heterocycles. The Morgan fingerprint density at radius 2 is 2.38 bits per heavy atom. The Morgan fingerprint density at radius 3 is 2.94 bits per heavy atom. The fourth-order valence-corrected chi connectivity index (χ4v) is 3.16. The highest BCUT2D eigenvalue weighted by Gasteiger charge is 2.10. The van der Waals surface area contributed by atoms with Crippen LogP contribution in [0, 0.1) is 4.77 Å². The van der Waals surface area contributed by atoms with Crippen LogP contribution in [0.2, 0.25) is 0 Å². The molecule has 6 heteroatoms. The summed E-state index contributed by atoms with van der Waals surface area (Å²) in [5, 5.41) is 9.19. The Hall–Kier alpha value is -0.460. The van der Waals surface area contributed by atoms with Gasteiger partial charge in [0.2, 0.25) is 0 Å². The van der Waals surface area contributed by atoms with Crippen LogP contribution in [-0.4, -0.2) is 14.8 Å². The van der Waals surface area contributed by atoms with Crippen molar-refractivity contribution in [2.24, 2.45) is 0 Å². The number of H-pyrrole nitrogens is 1. The standard InChI is InChI=1S/C10H12BrN3S2/c1-6(2)9-12-13-10(15)14(9)4-8-3-7(11)5-16-8/h3,5-6H,4H2,1-2H3,(H,13,15). The quantitative estimate of drug-likeness (QED) is 0.870. The van der Waals surface area contributed by atoms with Gasteiger partial charge in [0.25, 0.3) is 0 Å². The van der Waals surface area contributed by atoms with E-state index in [0.717, 1.165) is 16.8 Å². The minimum Gasteiger partial charge on any atom is -0.299 e. The van der Waals surface area contributed by atoms with E-state index in [2.05, 4.69) is 56.0 Å². The van der Waals surface area contributed by atoms with Gasteiger partial charge in [-0.3, -0.25) is 9.67 Å². The molecule has 0 aliphatic carbocycles. The molecule has 2 rings (SSSR count). The molecule has 0 bridgehead atoms. The highest BCUT2D eigenvalue weighted by atomic mass is 79.9. The van der Waals surface area contributed by atoms with Crippen LogP contribution in [0.5, 0.6) is 0 Å². The Bertz CT molecular complexity index is 538. The maximum Gasteiger partial charge on any atom is 0.195 e. The molecule has 0 amide bonds. The first-order valence-corrected chi connectivity index (χ1v) is 7.04. The van der Waals surface area contributed by atoms with E-state index in [9.17, 15) is 0 Å². The van der Waals surface area contributed by atoms with Crippen molar-refractivity contribution >= 4 is 39.5 Å². The number of hydrogen-bond acceptors (Lipinski definition) is 3. The maximum absolute atomic E-state index is 5.24. The molecule has 0 aromatic carbocycles. The number of rotatable bonds is 3. The van der Waals surface area contributed by atoms with Crippen molar-refractivity contribution in [2.45, 2.75) is 26.3 Å². The van der Waals surface area contributed by atoms with Crippen molar-refractivity contribution in [3.8, 4) is 0 Å². The first kappa shape index (κ1) is 12.0. The molecule has 16 heavy (non-hydrogen) atoms. The van der Waals surface area contributed by atoms with Crippen LogP contribution < -0.4 is 0 Å². The minimum atomic E-state index is 0.372. The lowest BCUT2D eigenvalue weighted by Gasteiger charge is -2.07. The predicted molar refractivity (Wildman–Crippen MR) is 72.6 cm³/mol. The topological polar surface area (TPSA) is 33.6 Å². The van der Waals surface area contributed by atoms with Gasteiger partial charge in [-0.2, -0.15) is 5.10 Å². The summed E-state index contributed by atoms with van der Waals surface area (Å²) in [4.78, 5) is 1.27. The van der Waals surface area contributed by atoms with Crippen molar-refractivity contribution in [2.75, 3.05) is 0 Å². The average Bonchev–Trinajstić information content (AvgIpc) is 2.76. The van der Waals surface area contributed by atoms with E-state index < -0.39 is 0 Å². The summed E-state index contributed by atoms with van der Waals surface area (Å²) in [6, 6.07) is 2.11. The number of hydrogen-bond donors (Lipinski definition) is 1. The highest BCUT2D eigenvalue weighted by Crippen LogP contribution is 2.22. The molecule has 0 spiro atoms. The van der Waals surface area contributed by atoms with E-state index in [1.54, 1.807) is 11.3 Å². The lowest BCUT2D eigenvalue weighted by Crippen LogP contribution is -2.05. The molecule has 0 fully saturated rings. The first-order chi connectivity index (χ1) is 7.58. The Labute approximate surface area is 112 Å². The number of aromatic nitrogens is 3. The third-order valence-corrected chi connectivity index (χ3v) is 4.23. The van der Waals surface area contributed by atoms with E-state index >= 15 is 0 Å². The monoisotopic (exact) mass is 317 g/mol. The molecule has 0 aliphatic rings. The molecule has 0 unspecified atom stereocenters. The van der Waals surface area contributed by atoms with Gasteiger partial charge < -0.3 is 0 Å². The summed E-state index contributed by atoms with van der Waals surface area (Å²) >= 11 is 10.4. The normalized spacial score (nSPS) is 11.2. The molecular weight excluding hydrogens is 306 g/mol. The van der Waals surface area contributed by atoms with Gasteiger partial charge in [-0.05, 0) is 34.2 Å². The Balaban J connectivity index is 2.33. The van der Waals surface area contributed by atoms with E-state index in [1.165, 1.54) is 4.88 Å². The lowest BCUT2D eigenvalue weighted by atomic mass is 10.2. The number of aromatic amines is 1. The molecule has 2 aromatic heterocycles. The van der Waals surface area contributed by atoms with E-state index in [1.807, 2.05) is 0 Å². The molecule has 0 atom stereocenters. The molecule has 3 nitrogen and oxygen atoms in total. The molecule has 2 aromatic rings. The Kier molecular flexibility index (Phi) is 3.61. The van der Waals surface area contributed by atoms with Crippen LogP contribution in [0.3, 0.4) is 0 Å². The molecule has 86 valence electrons. The fourth-order valence-electron chi connectivity index (χ4n) is 1.52. The van der Waals surface area contributed by atoms with Gasteiger partial charge in [-0.25, -0.2) is 0 Å². The van der Waals surface area contributed by atoms with Gasteiger partial charge in [-0.1, -0.05) is 13.8 Å². The third-order valence-electron chi connectivity index (χ3n) is 2.24. The minimum absolute atomic E-state index is 0.372. The molecule has 0 saturated carbocycles. The number of halogens is 1. The van der Waals surface area contributed by atoms with Crippen molar-refractivity contribution < 1.29 is 0 Å². The number of nitrogens with zero attached hydrogens (tertiary/aromatic N) is 2. The third kappa shape index (κ3) is 2.44. The summed E-state index contributed by atoms with van der Waals surface area (Å²) in [7, 11) is 0. The lowest BCUT2D eigenvalue weighted by molar-refractivity contribution is 0.669. The van der Waals surface area contributed by atoms with Crippen LogP contribution >= 0.6 is 39.5 Å². The summed E-state index contributed by atoms with van der Waals surface area (Å²) in [5.41, 5.74) is 0. The fraction of sp³-hybridized carbons (Fsp3) is 0.400. The van der Waals surface area contributed by atoms with Crippen LogP contribution in [-0.2, 0) is 6.54 Å².